The van der Waals surface area contributed by atoms with Crippen molar-refractivity contribution >= 4 is 21.4 Å². The molecule has 0 aliphatic carbocycles. The van der Waals surface area contributed by atoms with Gasteiger partial charge in [-0.1, -0.05) is 24.6 Å². The number of nitrogens with one attached hydrogen (secondary N) is 1. The molecule has 0 saturated carbocycles. The molecule has 4 nitrogen and oxygen atoms in total. The minimum atomic E-state index is -3.44. The molecule has 0 spiro atoms. The second-order valence-corrected chi connectivity index (χ2v) is 8.71. The summed E-state index contributed by atoms with van der Waals surface area (Å²) in [5.74, 6) is 0.833. The standard InChI is InChI=1S/C17H23NO3S2/c1-5-15-6-7-16(22-15)23(19,20)18-8-9-21-17-13(3)10-12(2)11-14(17)4/h6-7,10-11,18H,5,8-9H2,1-4H3. The first-order chi connectivity index (χ1) is 10.8. The Morgan fingerprint density at radius 3 is 2.35 bits per heavy atom. The Morgan fingerprint density at radius 1 is 1.13 bits per heavy atom. The number of aryl methyl sites for hydroxylation is 4. The predicted octanol–water partition coefficient (Wildman–Crippen LogP) is 3.59. The summed E-state index contributed by atoms with van der Waals surface area (Å²) in [5, 5.41) is 0. The van der Waals surface area contributed by atoms with Gasteiger partial charge in [0.25, 0.3) is 0 Å². The van der Waals surface area contributed by atoms with E-state index in [2.05, 4.69) is 16.9 Å². The molecular weight excluding hydrogens is 330 g/mol. The van der Waals surface area contributed by atoms with Crippen LogP contribution in [0.25, 0.3) is 0 Å². The first kappa shape index (κ1) is 18.0. The molecule has 0 fully saturated rings. The molecule has 23 heavy (non-hydrogen) atoms. The second kappa shape index (κ2) is 7.47. The topological polar surface area (TPSA) is 55.4 Å². The molecular formula is C17H23NO3S2. The first-order valence-corrected chi connectivity index (χ1v) is 9.92. The van der Waals surface area contributed by atoms with Gasteiger partial charge in [0, 0.05) is 11.4 Å². The molecule has 2 aromatic rings. The Kier molecular flexibility index (Phi) is 5.84. The Labute approximate surface area is 142 Å². The number of thiophene rings is 1. The Bertz CT molecular complexity index is 756. The molecule has 0 aliphatic rings. The molecule has 1 aromatic heterocycles. The lowest BCUT2D eigenvalue weighted by Gasteiger charge is -2.13. The smallest absolute Gasteiger partial charge is 0.250 e. The molecule has 0 saturated heterocycles. The summed E-state index contributed by atoms with van der Waals surface area (Å²) in [6, 6.07) is 7.63. The summed E-state index contributed by atoms with van der Waals surface area (Å²) in [6.07, 6.45) is 0.843. The van der Waals surface area contributed by atoms with Crippen molar-refractivity contribution in [1.29, 1.82) is 0 Å². The predicted molar refractivity (Wildman–Crippen MR) is 95.0 cm³/mol. The van der Waals surface area contributed by atoms with Crippen molar-refractivity contribution in [3.8, 4) is 5.75 Å². The van der Waals surface area contributed by atoms with Gasteiger partial charge in [-0.3, -0.25) is 0 Å². The highest BCUT2D eigenvalue weighted by Crippen LogP contribution is 2.24. The van der Waals surface area contributed by atoms with Crippen molar-refractivity contribution in [3.05, 3.63) is 45.8 Å². The third-order valence-corrected chi connectivity index (χ3v) is 6.68. The van der Waals surface area contributed by atoms with Crippen LogP contribution in [0.15, 0.2) is 28.5 Å². The molecule has 0 unspecified atom stereocenters. The average Bonchev–Trinajstić information content (AvgIpc) is 2.95. The van der Waals surface area contributed by atoms with Crippen molar-refractivity contribution in [2.45, 2.75) is 38.3 Å². The molecule has 0 radical (unpaired) electrons. The SMILES string of the molecule is CCc1ccc(S(=O)(=O)NCCOc2c(C)cc(C)cc2C)s1. The molecule has 0 aliphatic heterocycles. The maximum absolute atomic E-state index is 12.2. The van der Waals surface area contributed by atoms with Crippen LogP contribution in [0.4, 0.5) is 0 Å². The minimum Gasteiger partial charge on any atom is -0.492 e. The average molecular weight is 354 g/mol. The van der Waals surface area contributed by atoms with Gasteiger partial charge in [0.05, 0.1) is 0 Å². The van der Waals surface area contributed by atoms with Crippen LogP contribution in [0, 0.1) is 20.8 Å². The lowest BCUT2D eigenvalue weighted by molar-refractivity contribution is 0.318. The molecule has 0 amide bonds. The van der Waals surface area contributed by atoms with Crippen LogP contribution >= 0.6 is 11.3 Å². The third kappa shape index (κ3) is 4.56. The summed E-state index contributed by atoms with van der Waals surface area (Å²) in [6.45, 7) is 8.60. The molecule has 1 N–H and O–H groups in total. The highest BCUT2D eigenvalue weighted by molar-refractivity contribution is 7.91. The summed E-state index contributed by atoms with van der Waals surface area (Å²) < 4.78 is 33.1. The largest absolute Gasteiger partial charge is 0.492 e. The monoisotopic (exact) mass is 353 g/mol. The lowest BCUT2D eigenvalue weighted by atomic mass is 10.1. The van der Waals surface area contributed by atoms with Crippen molar-refractivity contribution in [2.75, 3.05) is 13.2 Å². The van der Waals surface area contributed by atoms with E-state index in [0.717, 1.165) is 28.2 Å². The second-order valence-electron chi connectivity index (χ2n) is 5.55. The van der Waals surface area contributed by atoms with Gasteiger partial charge in [-0.15, -0.1) is 11.3 Å². The molecule has 0 atom stereocenters. The van der Waals surface area contributed by atoms with Crippen LogP contribution in [-0.2, 0) is 16.4 Å². The molecule has 126 valence electrons. The van der Waals surface area contributed by atoms with Gasteiger partial charge in [-0.25, -0.2) is 13.1 Å². The van der Waals surface area contributed by atoms with Crippen LogP contribution in [0.3, 0.4) is 0 Å². The Hall–Kier alpha value is -1.37. The quantitative estimate of drug-likeness (QED) is 0.774. The fourth-order valence-corrected chi connectivity index (χ4v) is 4.84. The molecule has 1 heterocycles. The van der Waals surface area contributed by atoms with Gasteiger partial charge in [0.15, 0.2) is 0 Å². The van der Waals surface area contributed by atoms with E-state index in [4.69, 9.17) is 4.74 Å². The van der Waals surface area contributed by atoms with Crippen LogP contribution in [-0.4, -0.2) is 21.6 Å². The summed E-state index contributed by atoms with van der Waals surface area (Å²) in [5.41, 5.74) is 3.32. The van der Waals surface area contributed by atoms with Crippen molar-refractivity contribution < 1.29 is 13.2 Å². The summed E-state index contributed by atoms with van der Waals surface area (Å²) in [4.78, 5) is 1.06. The molecule has 1 aromatic carbocycles. The van der Waals surface area contributed by atoms with Gasteiger partial charge >= 0.3 is 0 Å². The maximum Gasteiger partial charge on any atom is 0.250 e. The Morgan fingerprint density at radius 2 is 1.78 bits per heavy atom. The lowest BCUT2D eigenvalue weighted by Crippen LogP contribution is -2.27. The van der Waals surface area contributed by atoms with E-state index in [1.807, 2.05) is 33.8 Å². The van der Waals surface area contributed by atoms with Gasteiger partial charge in [0.1, 0.15) is 16.6 Å². The molecule has 2 rings (SSSR count). The van der Waals surface area contributed by atoms with Gasteiger partial charge in [0.2, 0.25) is 10.0 Å². The molecule has 0 bridgehead atoms. The van der Waals surface area contributed by atoms with Gasteiger partial charge in [-0.2, -0.15) is 0 Å². The minimum absolute atomic E-state index is 0.244. The summed E-state index contributed by atoms with van der Waals surface area (Å²) >= 11 is 1.31. The number of sulfonamides is 1. The zero-order valence-corrected chi connectivity index (χ0v) is 15.6. The highest BCUT2D eigenvalue weighted by Gasteiger charge is 2.16. The zero-order chi connectivity index (χ0) is 17.0. The Balaban J connectivity index is 1.92. The van der Waals surface area contributed by atoms with Crippen LogP contribution in [0.1, 0.15) is 28.5 Å². The van der Waals surface area contributed by atoms with Gasteiger partial charge in [-0.05, 0) is 50.5 Å². The van der Waals surface area contributed by atoms with Crippen LogP contribution in [0.5, 0.6) is 5.75 Å². The van der Waals surface area contributed by atoms with E-state index in [1.165, 1.54) is 16.9 Å². The van der Waals surface area contributed by atoms with Crippen molar-refractivity contribution in [2.24, 2.45) is 0 Å². The first-order valence-electron chi connectivity index (χ1n) is 7.62. The third-order valence-electron chi connectivity index (χ3n) is 3.50. The number of rotatable bonds is 7. The van der Waals surface area contributed by atoms with E-state index in [1.54, 1.807) is 6.07 Å². The van der Waals surface area contributed by atoms with E-state index < -0.39 is 10.0 Å². The fraction of sp³-hybridized carbons (Fsp3) is 0.412. The van der Waals surface area contributed by atoms with E-state index in [9.17, 15) is 8.42 Å². The number of hydrogen-bond donors (Lipinski definition) is 1. The zero-order valence-electron chi connectivity index (χ0n) is 14.0. The van der Waals surface area contributed by atoms with Crippen molar-refractivity contribution in [1.82, 2.24) is 4.72 Å². The van der Waals surface area contributed by atoms with E-state index >= 15 is 0 Å². The van der Waals surface area contributed by atoms with Crippen molar-refractivity contribution in [3.63, 3.8) is 0 Å². The number of ether oxygens (including phenoxy) is 1. The van der Waals surface area contributed by atoms with Crippen LogP contribution in [0.2, 0.25) is 0 Å². The number of benzene rings is 1. The van der Waals surface area contributed by atoms with Crippen LogP contribution < -0.4 is 9.46 Å². The fourth-order valence-electron chi connectivity index (χ4n) is 2.49. The normalized spacial score (nSPS) is 11.7. The highest BCUT2D eigenvalue weighted by atomic mass is 32.2. The number of hydrogen-bond acceptors (Lipinski definition) is 4. The van der Waals surface area contributed by atoms with E-state index in [0.29, 0.717) is 10.8 Å². The van der Waals surface area contributed by atoms with Gasteiger partial charge < -0.3 is 4.74 Å². The van der Waals surface area contributed by atoms with E-state index in [-0.39, 0.29) is 6.54 Å². The summed E-state index contributed by atoms with van der Waals surface area (Å²) in [7, 11) is -3.44. The molecule has 6 heteroatoms. The maximum atomic E-state index is 12.2.